The highest BCUT2D eigenvalue weighted by Crippen LogP contribution is 2.37. The number of aromatic nitrogens is 3. The largest absolute Gasteiger partial charge is 0.348 e. The van der Waals surface area contributed by atoms with E-state index in [4.69, 9.17) is 0 Å². The van der Waals surface area contributed by atoms with E-state index in [2.05, 4.69) is 15.3 Å². The third-order valence-corrected chi connectivity index (χ3v) is 6.50. The van der Waals surface area contributed by atoms with Crippen molar-refractivity contribution in [3.8, 4) is 11.1 Å². The number of fused-ring (bicyclic) bond motifs is 2. The molecule has 9 heteroatoms. The van der Waals surface area contributed by atoms with Crippen LogP contribution in [-0.2, 0) is 0 Å². The van der Waals surface area contributed by atoms with Crippen molar-refractivity contribution in [3.63, 3.8) is 0 Å². The summed E-state index contributed by atoms with van der Waals surface area (Å²) in [6.07, 6.45) is 5.64. The van der Waals surface area contributed by atoms with Gasteiger partial charge in [0, 0.05) is 42.7 Å². The summed E-state index contributed by atoms with van der Waals surface area (Å²) >= 11 is 0. The second-order valence-electron chi connectivity index (χ2n) is 8.59. The highest BCUT2D eigenvalue weighted by molar-refractivity contribution is 5.95. The Kier molecular flexibility index (Phi) is 5.37. The first kappa shape index (κ1) is 20.9. The van der Waals surface area contributed by atoms with Crippen LogP contribution in [0.2, 0.25) is 0 Å². The molecule has 1 aliphatic heterocycles. The molecule has 3 atom stereocenters. The number of hydrogen-bond donors (Lipinski definition) is 3. The average Bonchev–Trinajstić information content (AvgIpc) is 3.18. The van der Waals surface area contributed by atoms with Crippen molar-refractivity contribution < 1.29 is 9.59 Å². The Morgan fingerprint density at radius 3 is 2.61 bits per heavy atom. The maximum atomic E-state index is 13.3. The molecule has 1 saturated heterocycles. The number of H-pyrrole nitrogens is 2. The molecule has 2 aromatic heterocycles. The zero-order valence-electron chi connectivity index (χ0n) is 17.8. The number of nitrogens with zero attached hydrogens (tertiary/aromatic N) is 2. The van der Waals surface area contributed by atoms with Crippen LogP contribution in [0, 0.1) is 5.92 Å². The van der Waals surface area contributed by atoms with Crippen molar-refractivity contribution in [3.05, 3.63) is 87.0 Å². The smallest absolute Gasteiger partial charge is 0.326 e. The van der Waals surface area contributed by atoms with Crippen molar-refractivity contribution in [2.75, 3.05) is 6.54 Å². The van der Waals surface area contributed by atoms with Crippen molar-refractivity contribution in [1.29, 1.82) is 0 Å². The zero-order valence-corrected chi connectivity index (χ0v) is 17.8. The van der Waals surface area contributed by atoms with Gasteiger partial charge in [-0.1, -0.05) is 30.3 Å². The molecule has 1 aliphatic carbocycles. The van der Waals surface area contributed by atoms with Gasteiger partial charge in [0.05, 0.1) is 5.56 Å². The summed E-state index contributed by atoms with van der Waals surface area (Å²) in [5.41, 5.74) is 1.02. The standard InChI is InChI=1S/C24H23N5O4/c30-21-10-20(27-24(33)28-21)22(31)26-19-7-6-18-9-17(19)13-29(18)23(32)16-8-15(11-25-12-16)14-4-2-1-3-5-14/h1-5,8,10-12,17-19H,6-7,9,13H2,(H,26,31)(H2,27,28,30,33). The first-order chi connectivity index (χ1) is 16.0. The second-order valence-corrected chi connectivity index (χ2v) is 8.59. The summed E-state index contributed by atoms with van der Waals surface area (Å²) in [6, 6.07) is 12.7. The summed E-state index contributed by atoms with van der Waals surface area (Å²) < 4.78 is 0. The summed E-state index contributed by atoms with van der Waals surface area (Å²) in [4.78, 5) is 59.4. The van der Waals surface area contributed by atoms with Crippen LogP contribution < -0.4 is 16.6 Å². The van der Waals surface area contributed by atoms with Crippen LogP contribution in [0.5, 0.6) is 0 Å². The monoisotopic (exact) mass is 445 g/mol. The molecule has 2 amide bonds. The van der Waals surface area contributed by atoms with Crippen molar-refractivity contribution in [2.45, 2.75) is 31.3 Å². The Labute approximate surface area is 188 Å². The van der Waals surface area contributed by atoms with Crippen LogP contribution in [0.3, 0.4) is 0 Å². The Balaban J connectivity index is 1.29. The molecular formula is C24H23N5O4. The number of carbonyl (C=O) groups excluding carboxylic acids is 2. The topological polar surface area (TPSA) is 128 Å². The minimum atomic E-state index is -0.722. The van der Waals surface area contributed by atoms with Gasteiger partial charge in [-0.3, -0.25) is 24.4 Å². The van der Waals surface area contributed by atoms with Crippen LogP contribution in [0.25, 0.3) is 11.1 Å². The van der Waals surface area contributed by atoms with Gasteiger partial charge in [-0.15, -0.1) is 0 Å². The van der Waals surface area contributed by atoms with Crippen LogP contribution in [0.1, 0.15) is 40.1 Å². The molecule has 2 fully saturated rings. The van der Waals surface area contributed by atoms with Crippen LogP contribution >= 0.6 is 0 Å². The molecule has 3 aromatic rings. The normalized spacial score (nSPS) is 21.6. The van der Waals surface area contributed by atoms with Gasteiger partial charge in [0.15, 0.2) is 0 Å². The van der Waals surface area contributed by atoms with E-state index in [1.807, 2.05) is 46.3 Å². The average molecular weight is 445 g/mol. The van der Waals surface area contributed by atoms with Gasteiger partial charge < -0.3 is 15.2 Å². The van der Waals surface area contributed by atoms with Crippen molar-refractivity contribution in [1.82, 2.24) is 25.2 Å². The van der Waals surface area contributed by atoms with E-state index in [9.17, 15) is 19.2 Å². The Morgan fingerprint density at radius 2 is 1.82 bits per heavy atom. The van der Waals surface area contributed by atoms with E-state index in [1.54, 1.807) is 12.4 Å². The highest BCUT2D eigenvalue weighted by Gasteiger charge is 2.43. The Hall–Kier alpha value is -4.01. The molecule has 1 saturated carbocycles. The molecule has 0 radical (unpaired) electrons. The maximum absolute atomic E-state index is 13.3. The molecule has 5 rings (SSSR count). The van der Waals surface area contributed by atoms with Gasteiger partial charge in [0.1, 0.15) is 5.69 Å². The van der Waals surface area contributed by atoms with Crippen LogP contribution in [-0.4, -0.2) is 50.3 Å². The van der Waals surface area contributed by atoms with Gasteiger partial charge >= 0.3 is 5.69 Å². The Morgan fingerprint density at radius 1 is 1.00 bits per heavy atom. The number of amides is 2. The summed E-state index contributed by atoms with van der Waals surface area (Å²) in [6.45, 7) is 0.538. The van der Waals surface area contributed by atoms with E-state index in [1.165, 1.54) is 0 Å². The molecule has 3 N–H and O–H groups in total. The first-order valence-electron chi connectivity index (χ1n) is 10.9. The van der Waals surface area contributed by atoms with Crippen molar-refractivity contribution >= 4 is 11.8 Å². The number of carbonyl (C=O) groups is 2. The molecule has 3 unspecified atom stereocenters. The van der Waals surface area contributed by atoms with E-state index in [-0.39, 0.29) is 29.6 Å². The predicted molar refractivity (Wildman–Crippen MR) is 121 cm³/mol. The van der Waals surface area contributed by atoms with Gasteiger partial charge in [-0.25, -0.2) is 4.79 Å². The lowest BCUT2D eigenvalue weighted by Crippen LogP contribution is -2.43. The fourth-order valence-corrected chi connectivity index (χ4v) is 4.91. The zero-order chi connectivity index (χ0) is 22.9. The number of aromatic amines is 2. The van der Waals surface area contributed by atoms with Crippen LogP contribution in [0.15, 0.2) is 64.4 Å². The first-order valence-corrected chi connectivity index (χ1v) is 10.9. The third kappa shape index (κ3) is 4.21. The number of nitrogens with one attached hydrogen (secondary N) is 3. The summed E-state index contributed by atoms with van der Waals surface area (Å²) in [7, 11) is 0. The molecule has 1 aromatic carbocycles. The number of benzene rings is 1. The minimum absolute atomic E-state index is 0.0568. The lowest BCUT2D eigenvalue weighted by molar-refractivity contribution is 0.0732. The second kappa shape index (κ2) is 8.50. The van der Waals surface area contributed by atoms with Gasteiger partial charge in [0.2, 0.25) is 0 Å². The molecule has 3 heterocycles. The molecule has 2 aliphatic rings. The SMILES string of the molecule is O=C(NC1CCC2CC1CN2C(=O)c1cncc(-c2ccccc2)c1)c1cc(=O)[nH]c(=O)[nH]1. The number of hydrogen-bond acceptors (Lipinski definition) is 5. The Bertz CT molecular complexity index is 1290. The highest BCUT2D eigenvalue weighted by atomic mass is 16.2. The quantitative estimate of drug-likeness (QED) is 0.561. The van der Waals surface area contributed by atoms with E-state index >= 15 is 0 Å². The van der Waals surface area contributed by atoms with Gasteiger partial charge in [-0.2, -0.15) is 0 Å². The lowest BCUT2D eigenvalue weighted by atomic mass is 9.85. The number of pyridine rings is 1. The fourth-order valence-electron chi connectivity index (χ4n) is 4.91. The predicted octanol–water partition coefficient (Wildman–Crippen LogP) is 1.55. The van der Waals surface area contributed by atoms with Crippen LogP contribution in [0.4, 0.5) is 0 Å². The molecule has 2 bridgehead atoms. The molecule has 33 heavy (non-hydrogen) atoms. The molecular weight excluding hydrogens is 422 g/mol. The molecule has 0 spiro atoms. The van der Waals surface area contributed by atoms with E-state index in [0.29, 0.717) is 12.1 Å². The van der Waals surface area contributed by atoms with E-state index in [0.717, 1.165) is 36.5 Å². The fraction of sp³-hybridized carbons (Fsp3) is 0.292. The summed E-state index contributed by atoms with van der Waals surface area (Å²) in [5.74, 6) is -0.444. The van der Waals surface area contributed by atoms with Gasteiger partial charge in [0.25, 0.3) is 17.4 Å². The minimum Gasteiger partial charge on any atom is -0.348 e. The lowest BCUT2D eigenvalue weighted by Gasteiger charge is -2.29. The van der Waals surface area contributed by atoms with Crippen molar-refractivity contribution in [2.24, 2.45) is 5.92 Å². The summed E-state index contributed by atoms with van der Waals surface area (Å²) in [5, 5.41) is 2.93. The molecule has 9 nitrogen and oxygen atoms in total. The number of rotatable bonds is 4. The molecule has 168 valence electrons. The van der Waals surface area contributed by atoms with Gasteiger partial charge in [-0.05, 0) is 36.8 Å². The van der Waals surface area contributed by atoms with E-state index < -0.39 is 17.2 Å². The third-order valence-electron chi connectivity index (χ3n) is 6.50. The number of likely N-dealkylation sites (tertiary alicyclic amines) is 1. The maximum Gasteiger partial charge on any atom is 0.326 e.